The molecule has 1 aromatic carbocycles. The van der Waals surface area contributed by atoms with E-state index in [4.69, 9.17) is 0 Å². The highest BCUT2D eigenvalue weighted by Gasteiger charge is 2.49. The van der Waals surface area contributed by atoms with Crippen molar-refractivity contribution in [3.63, 3.8) is 0 Å². The van der Waals surface area contributed by atoms with E-state index in [2.05, 4.69) is 9.47 Å². The molecule has 2 rings (SSSR count). The van der Waals surface area contributed by atoms with Gasteiger partial charge in [0, 0.05) is 0 Å². The van der Waals surface area contributed by atoms with E-state index in [1.807, 2.05) is 0 Å². The molecule has 2 nitrogen and oxygen atoms in total. The first kappa shape index (κ1) is 9.18. The van der Waals surface area contributed by atoms with Crippen LogP contribution in [-0.2, 0) is 0 Å². The Hall–Kier alpha value is -1.39. The van der Waals surface area contributed by atoms with Gasteiger partial charge in [0.15, 0.2) is 11.5 Å². The number of ether oxygens (including phenoxy) is 2. The molecule has 0 fully saturated rings. The summed E-state index contributed by atoms with van der Waals surface area (Å²) in [5, 5.41) is 0. The zero-order valence-electron chi connectivity index (χ0n) is 7.26. The van der Waals surface area contributed by atoms with Crippen LogP contribution >= 0.6 is 0 Å². The number of halogens is 3. The van der Waals surface area contributed by atoms with Gasteiger partial charge in [-0.05, 0) is 24.6 Å². The van der Waals surface area contributed by atoms with Crippen LogP contribution < -0.4 is 9.47 Å². The Kier molecular flexibility index (Phi) is 1.83. The van der Waals surface area contributed by atoms with Crippen molar-refractivity contribution in [3.05, 3.63) is 23.8 Å². The molecule has 0 radical (unpaired) electrons. The summed E-state index contributed by atoms with van der Waals surface area (Å²) in [6, 6.07) is 4.35. The SMILES string of the molecule is Cc1ccc2c(c1)OC(F)C(F)(F)O2. The first-order chi connectivity index (χ1) is 6.49. The lowest BCUT2D eigenvalue weighted by atomic mass is 10.2. The Morgan fingerprint density at radius 2 is 2.00 bits per heavy atom. The average molecular weight is 204 g/mol. The van der Waals surface area contributed by atoms with E-state index in [0.29, 0.717) is 0 Å². The van der Waals surface area contributed by atoms with Gasteiger partial charge in [-0.3, -0.25) is 0 Å². The second-order valence-corrected chi connectivity index (χ2v) is 3.05. The fourth-order valence-electron chi connectivity index (χ4n) is 1.16. The van der Waals surface area contributed by atoms with Crippen LogP contribution in [-0.4, -0.2) is 12.5 Å². The normalized spacial score (nSPS) is 23.3. The van der Waals surface area contributed by atoms with E-state index in [0.717, 1.165) is 5.56 Å². The van der Waals surface area contributed by atoms with Gasteiger partial charge in [0.2, 0.25) is 0 Å². The third-order valence-corrected chi connectivity index (χ3v) is 1.84. The first-order valence-electron chi connectivity index (χ1n) is 3.97. The molecule has 1 aromatic rings. The molecule has 1 aliphatic heterocycles. The molecular weight excluding hydrogens is 197 g/mol. The minimum Gasteiger partial charge on any atom is -0.447 e. The molecular formula is C9H7F3O2. The van der Waals surface area contributed by atoms with Crippen molar-refractivity contribution in [1.29, 1.82) is 0 Å². The Morgan fingerprint density at radius 1 is 1.29 bits per heavy atom. The van der Waals surface area contributed by atoms with Crippen LogP contribution in [0, 0.1) is 6.92 Å². The Morgan fingerprint density at radius 3 is 2.71 bits per heavy atom. The molecule has 14 heavy (non-hydrogen) atoms. The highest BCUT2D eigenvalue weighted by molar-refractivity contribution is 5.43. The highest BCUT2D eigenvalue weighted by Crippen LogP contribution is 2.40. The third kappa shape index (κ3) is 1.38. The predicted octanol–water partition coefficient (Wildman–Crippen LogP) is 2.65. The van der Waals surface area contributed by atoms with Crippen LogP contribution in [0.1, 0.15) is 5.56 Å². The molecule has 1 heterocycles. The van der Waals surface area contributed by atoms with Gasteiger partial charge in [-0.15, -0.1) is 0 Å². The first-order valence-corrected chi connectivity index (χ1v) is 3.97. The van der Waals surface area contributed by atoms with E-state index < -0.39 is 12.5 Å². The summed E-state index contributed by atoms with van der Waals surface area (Å²) in [6.07, 6.45) is -6.67. The smallest absolute Gasteiger partial charge is 0.447 e. The van der Waals surface area contributed by atoms with Crippen molar-refractivity contribution in [2.75, 3.05) is 0 Å². The van der Waals surface area contributed by atoms with Crippen molar-refractivity contribution in [2.24, 2.45) is 0 Å². The Balaban J connectivity index is 2.41. The molecule has 1 aliphatic rings. The van der Waals surface area contributed by atoms with Gasteiger partial charge in [0.25, 0.3) is 0 Å². The van der Waals surface area contributed by atoms with E-state index in [1.54, 1.807) is 13.0 Å². The lowest BCUT2D eigenvalue weighted by molar-refractivity contribution is -0.281. The predicted molar refractivity (Wildman–Crippen MR) is 42.3 cm³/mol. The average Bonchev–Trinajstić information content (AvgIpc) is 2.08. The molecule has 0 spiro atoms. The maximum atomic E-state index is 12.7. The van der Waals surface area contributed by atoms with Crippen LogP contribution in [0.3, 0.4) is 0 Å². The lowest BCUT2D eigenvalue weighted by Gasteiger charge is -2.28. The number of benzene rings is 1. The summed E-state index contributed by atoms with van der Waals surface area (Å²) in [6.45, 7) is 1.74. The third-order valence-electron chi connectivity index (χ3n) is 1.84. The van der Waals surface area contributed by atoms with Crippen molar-refractivity contribution in [1.82, 2.24) is 0 Å². The van der Waals surface area contributed by atoms with Gasteiger partial charge in [0.05, 0.1) is 0 Å². The molecule has 0 N–H and O–H groups in total. The van der Waals surface area contributed by atoms with E-state index in [1.165, 1.54) is 12.1 Å². The maximum absolute atomic E-state index is 12.7. The van der Waals surface area contributed by atoms with Gasteiger partial charge in [-0.2, -0.15) is 13.2 Å². The van der Waals surface area contributed by atoms with E-state index in [-0.39, 0.29) is 11.5 Å². The quantitative estimate of drug-likeness (QED) is 0.646. The fraction of sp³-hybridized carbons (Fsp3) is 0.333. The summed E-state index contributed by atoms with van der Waals surface area (Å²) >= 11 is 0. The zero-order valence-corrected chi connectivity index (χ0v) is 7.26. The number of alkyl halides is 3. The molecule has 0 bridgehead atoms. The maximum Gasteiger partial charge on any atom is 0.468 e. The largest absolute Gasteiger partial charge is 0.468 e. The lowest BCUT2D eigenvalue weighted by Crippen LogP contribution is -2.43. The van der Waals surface area contributed by atoms with Crippen LogP contribution in [0.5, 0.6) is 11.5 Å². The molecule has 0 saturated carbocycles. The fourth-order valence-corrected chi connectivity index (χ4v) is 1.16. The van der Waals surface area contributed by atoms with Crippen LogP contribution in [0.4, 0.5) is 13.2 Å². The second kappa shape index (κ2) is 2.80. The number of fused-ring (bicyclic) bond motifs is 1. The molecule has 0 aromatic heterocycles. The zero-order chi connectivity index (χ0) is 10.3. The Labute approximate surface area is 78.2 Å². The van der Waals surface area contributed by atoms with Gasteiger partial charge >= 0.3 is 12.5 Å². The van der Waals surface area contributed by atoms with Crippen molar-refractivity contribution in [3.8, 4) is 11.5 Å². The van der Waals surface area contributed by atoms with Gasteiger partial charge in [-0.25, -0.2) is 0 Å². The van der Waals surface area contributed by atoms with Gasteiger partial charge < -0.3 is 9.47 Å². The second-order valence-electron chi connectivity index (χ2n) is 3.05. The highest BCUT2D eigenvalue weighted by atomic mass is 19.3. The molecule has 5 heteroatoms. The summed E-state index contributed by atoms with van der Waals surface area (Å²) < 4.78 is 46.5. The molecule has 0 amide bonds. The molecule has 1 atom stereocenters. The molecule has 0 saturated heterocycles. The minimum absolute atomic E-state index is 0.00317. The van der Waals surface area contributed by atoms with Gasteiger partial charge in [0.1, 0.15) is 0 Å². The monoisotopic (exact) mass is 204 g/mol. The Bertz CT molecular complexity index is 365. The molecule has 1 unspecified atom stereocenters. The molecule has 0 aliphatic carbocycles. The number of hydrogen-bond acceptors (Lipinski definition) is 2. The van der Waals surface area contributed by atoms with E-state index in [9.17, 15) is 13.2 Å². The topological polar surface area (TPSA) is 18.5 Å². The number of hydrogen-bond donors (Lipinski definition) is 0. The van der Waals surface area contributed by atoms with Crippen molar-refractivity contribution >= 4 is 0 Å². The summed E-state index contributed by atoms with van der Waals surface area (Å²) in [4.78, 5) is 0. The summed E-state index contributed by atoms with van der Waals surface area (Å²) in [5.41, 5.74) is 0.782. The number of aryl methyl sites for hydroxylation is 1. The van der Waals surface area contributed by atoms with E-state index >= 15 is 0 Å². The van der Waals surface area contributed by atoms with Crippen molar-refractivity contribution < 1.29 is 22.6 Å². The van der Waals surface area contributed by atoms with Crippen LogP contribution in [0.2, 0.25) is 0 Å². The van der Waals surface area contributed by atoms with Gasteiger partial charge in [-0.1, -0.05) is 6.07 Å². The minimum atomic E-state index is -3.91. The standard InChI is InChI=1S/C9H7F3O2/c1-5-2-3-6-7(4-5)13-8(10)9(11,12)14-6/h2-4,8H,1H3. The molecule has 76 valence electrons. The number of rotatable bonds is 0. The van der Waals surface area contributed by atoms with Crippen molar-refractivity contribution in [2.45, 2.75) is 19.4 Å². The summed E-state index contributed by atoms with van der Waals surface area (Å²) in [5.74, 6) is -0.141. The van der Waals surface area contributed by atoms with Crippen LogP contribution in [0.25, 0.3) is 0 Å². The van der Waals surface area contributed by atoms with Crippen LogP contribution in [0.15, 0.2) is 18.2 Å². The summed E-state index contributed by atoms with van der Waals surface area (Å²) in [7, 11) is 0.